The van der Waals surface area contributed by atoms with Gasteiger partial charge in [0.25, 0.3) is 0 Å². The normalized spacial score (nSPS) is 13.0. The van der Waals surface area contributed by atoms with Gasteiger partial charge in [-0.2, -0.15) is 0 Å². The quantitative estimate of drug-likeness (QED) is 0.260. The fraction of sp³-hybridized carbons (Fsp3) is 0.0606. The van der Waals surface area contributed by atoms with Crippen LogP contribution in [0, 0.1) is 0 Å². The van der Waals surface area contributed by atoms with Gasteiger partial charge in [-0.25, -0.2) is 4.98 Å². The predicted octanol–water partition coefficient (Wildman–Crippen LogP) is 7.47. The summed E-state index contributed by atoms with van der Waals surface area (Å²) in [7, 11) is 1.63. The Morgan fingerprint density at radius 1 is 0.622 bits per heavy atom. The van der Waals surface area contributed by atoms with E-state index in [4.69, 9.17) is 9.47 Å². The van der Waals surface area contributed by atoms with Gasteiger partial charge in [0.2, 0.25) is 0 Å². The van der Waals surface area contributed by atoms with Gasteiger partial charge in [-0.3, -0.25) is 0 Å². The van der Waals surface area contributed by atoms with Gasteiger partial charge in [-0.1, -0.05) is 84.9 Å². The van der Waals surface area contributed by atoms with Gasteiger partial charge in [0, 0.05) is 21.9 Å². The smallest absolute Gasteiger partial charge is 0.147 e. The van der Waals surface area contributed by atoms with E-state index in [1.165, 1.54) is 10.8 Å². The average Bonchev–Trinajstić information content (AvgIpc) is 2.96. The molecule has 0 spiro atoms. The van der Waals surface area contributed by atoms with Gasteiger partial charge in [0.1, 0.15) is 22.8 Å². The minimum atomic E-state index is -1.25. The van der Waals surface area contributed by atoms with E-state index in [1.54, 1.807) is 7.11 Å². The highest BCUT2D eigenvalue weighted by Gasteiger charge is 2.41. The van der Waals surface area contributed by atoms with E-state index in [1.807, 2.05) is 109 Å². The number of hydrogen-bond donors (Lipinski definition) is 1. The lowest BCUT2D eigenvalue weighted by Gasteiger charge is -2.36. The molecule has 1 aliphatic heterocycles. The molecule has 7 rings (SSSR count). The Morgan fingerprint density at radius 2 is 1.11 bits per heavy atom. The molecule has 0 amide bonds. The molecule has 37 heavy (non-hydrogen) atoms. The molecule has 4 nitrogen and oxygen atoms in total. The van der Waals surface area contributed by atoms with Crippen LogP contribution >= 0.6 is 0 Å². The lowest BCUT2D eigenvalue weighted by molar-refractivity contribution is 0.112. The highest BCUT2D eigenvalue weighted by atomic mass is 16.5. The minimum Gasteiger partial charge on any atom is -0.497 e. The summed E-state index contributed by atoms with van der Waals surface area (Å²) in [6.45, 7) is 0. The van der Waals surface area contributed by atoms with E-state index in [0.717, 1.165) is 33.5 Å². The SMILES string of the molecule is COc1ccc(C2(O)c3ccccc3Oc3ccccc32)cc1.c1ccc2nc3ccccc3cc2c1. The highest BCUT2D eigenvalue weighted by molar-refractivity contribution is 5.92. The summed E-state index contributed by atoms with van der Waals surface area (Å²) < 4.78 is 11.2. The standard InChI is InChI=1S/C20H16O3.C13H9N/c1-22-15-12-10-14(11-13-15)20(21)16-6-2-4-8-18(16)23-19-9-5-3-7-17(19)20;1-3-7-12-10(5-1)9-11-6-2-4-8-13(11)14-12/h2-13,21H,1H3;1-9H. The topological polar surface area (TPSA) is 51.6 Å². The number of aromatic nitrogens is 1. The second kappa shape index (κ2) is 9.41. The van der Waals surface area contributed by atoms with Crippen LogP contribution in [0.3, 0.4) is 0 Å². The Balaban J connectivity index is 0.000000153. The van der Waals surface area contributed by atoms with Crippen molar-refractivity contribution in [2.24, 2.45) is 0 Å². The first-order valence-corrected chi connectivity index (χ1v) is 12.1. The number of fused-ring (bicyclic) bond motifs is 4. The molecule has 1 aliphatic rings. The summed E-state index contributed by atoms with van der Waals surface area (Å²) in [5, 5.41) is 14.1. The first-order valence-electron chi connectivity index (χ1n) is 12.1. The van der Waals surface area contributed by atoms with Gasteiger partial charge in [-0.05, 0) is 48.0 Å². The summed E-state index contributed by atoms with van der Waals surface area (Å²) in [6, 6.07) is 41.2. The van der Waals surface area contributed by atoms with Gasteiger partial charge < -0.3 is 14.6 Å². The molecule has 2 heterocycles. The van der Waals surface area contributed by atoms with Crippen LogP contribution in [0.2, 0.25) is 0 Å². The van der Waals surface area contributed by atoms with Gasteiger partial charge in [0.15, 0.2) is 0 Å². The van der Waals surface area contributed by atoms with Gasteiger partial charge in [-0.15, -0.1) is 0 Å². The van der Waals surface area contributed by atoms with Crippen molar-refractivity contribution in [1.29, 1.82) is 0 Å². The first kappa shape index (κ1) is 22.8. The summed E-state index contributed by atoms with van der Waals surface area (Å²) in [5.74, 6) is 2.10. The van der Waals surface area contributed by atoms with Crippen molar-refractivity contribution < 1.29 is 14.6 Å². The molecule has 5 aromatic carbocycles. The third-order valence-corrected chi connectivity index (χ3v) is 6.71. The Kier molecular flexibility index (Phi) is 5.79. The molecule has 0 radical (unpaired) electrons. The molecule has 180 valence electrons. The molecule has 0 unspecified atom stereocenters. The van der Waals surface area contributed by atoms with E-state index >= 15 is 0 Å². The van der Waals surface area contributed by atoms with Gasteiger partial charge in [0.05, 0.1) is 18.1 Å². The van der Waals surface area contributed by atoms with Crippen molar-refractivity contribution in [3.8, 4) is 17.2 Å². The molecule has 0 bridgehead atoms. The van der Waals surface area contributed by atoms with Crippen LogP contribution in [-0.4, -0.2) is 17.2 Å². The van der Waals surface area contributed by atoms with Crippen LogP contribution in [0.4, 0.5) is 0 Å². The zero-order valence-corrected chi connectivity index (χ0v) is 20.3. The number of benzene rings is 5. The van der Waals surface area contributed by atoms with Crippen LogP contribution in [0.1, 0.15) is 16.7 Å². The Bertz CT molecular complexity index is 1560. The first-order chi connectivity index (χ1) is 18.2. The molecule has 4 heteroatoms. The van der Waals surface area contributed by atoms with Crippen LogP contribution < -0.4 is 9.47 Å². The third kappa shape index (κ3) is 4.07. The molecule has 0 saturated heterocycles. The van der Waals surface area contributed by atoms with Crippen LogP contribution in [0.15, 0.2) is 127 Å². The zero-order chi connectivity index (χ0) is 25.2. The predicted molar refractivity (Wildman–Crippen MR) is 147 cm³/mol. The van der Waals surface area contributed by atoms with E-state index < -0.39 is 5.60 Å². The number of para-hydroxylation sites is 4. The number of rotatable bonds is 2. The van der Waals surface area contributed by atoms with Crippen LogP contribution in [-0.2, 0) is 5.60 Å². The summed E-state index contributed by atoms with van der Waals surface area (Å²) in [6.07, 6.45) is 0. The fourth-order valence-corrected chi connectivity index (χ4v) is 4.84. The number of pyridine rings is 1. The number of aliphatic hydroxyl groups is 1. The maximum absolute atomic E-state index is 11.7. The molecule has 0 saturated carbocycles. The van der Waals surface area contributed by atoms with Crippen molar-refractivity contribution in [3.05, 3.63) is 144 Å². The number of nitrogens with zero attached hydrogens (tertiary/aromatic N) is 1. The lowest BCUT2D eigenvalue weighted by Crippen LogP contribution is -2.32. The Labute approximate surface area is 215 Å². The molecular weight excluding hydrogens is 458 g/mol. The average molecular weight is 484 g/mol. The largest absolute Gasteiger partial charge is 0.497 e. The van der Waals surface area contributed by atoms with E-state index in [9.17, 15) is 5.11 Å². The second-order valence-electron chi connectivity index (χ2n) is 8.91. The summed E-state index contributed by atoms with van der Waals surface area (Å²) in [5.41, 5.74) is 3.13. The van der Waals surface area contributed by atoms with Crippen molar-refractivity contribution in [1.82, 2.24) is 4.98 Å². The van der Waals surface area contributed by atoms with Crippen molar-refractivity contribution in [3.63, 3.8) is 0 Å². The van der Waals surface area contributed by atoms with Crippen molar-refractivity contribution >= 4 is 21.8 Å². The molecule has 0 fully saturated rings. The Morgan fingerprint density at radius 3 is 1.65 bits per heavy atom. The molecular formula is C33H25NO3. The maximum Gasteiger partial charge on any atom is 0.147 e. The zero-order valence-electron chi connectivity index (χ0n) is 20.3. The highest BCUT2D eigenvalue weighted by Crippen LogP contribution is 2.49. The van der Waals surface area contributed by atoms with Crippen molar-refractivity contribution in [2.75, 3.05) is 7.11 Å². The molecule has 1 N–H and O–H groups in total. The fourth-order valence-electron chi connectivity index (χ4n) is 4.84. The van der Waals surface area contributed by atoms with E-state index in [2.05, 4.69) is 23.2 Å². The second-order valence-corrected chi connectivity index (χ2v) is 8.91. The monoisotopic (exact) mass is 483 g/mol. The molecule has 0 aliphatic carbocycles. The maximum atomic E-state index is 11.7. The van der Waals surface area contributed by atoms with E-state index in [-0.39, 0.29) is 0 Å². The number of ether oxygens (including phenoxy) is 2. The van der Waals surface area contributed by atoms with Crippen LogP contribution in [0.5, 0.6) is 17.2 Å². The number of hydrogen-bond acceptors (Lipinski definition) is 4. The summed E-state index contributed by atoms with van der Waals surface area (Å²) >= 11 is 0. The van der Waals surface area contributed by atoms with E-state index in [0.29, 0.717) is 11.5 Å². The minimum absolute atomic E-state index is 0.671. The molecule has 0 atom stereocenters. The Hall–Kier alpha value is -4.67. The number of methoxy groups -OCH3 is 1. The van der Waals surface area contributed by atoms with Gasteiger partial charge >= 0.3 is 0 Å². The lowest BCUT2D eigenvalue weighted by atomic mass is 9.78. The van der Waals surface area contributed by atoms with Crippen molar-refractivity contribution in [2.45, 2.75) is 5.60 Å². The van der Waals surface area contributed by atoms with Crippen LogP contribution in [0.25, 0.3) is 21.8 Å². The summed E-state index contributed by atoms with van der Waals surface area (Å²) in [4.78, 5) is 4.58. The molecule has 1 aromatic heterocycles. The third-order valence-electron chi connectivity index (χ3n) is 6.71. The molecule has 6 aromatic rings.